The molecule has 3 aromatic rings. The van der Waals surface area contributed by atoms with E-state index in [-0.39, 0.29) is 6.54 Å². The molecule has 1 atom stereocenters. The minimum Gasteiger partial charge on any atom is -0.325 e. The van der Waals surface area contributed by atoms with Crippen molar-refractivity contribution in [1.29, 1.82) is 5.26 Å². The summed E-state index contributed by atoms with van der Waals surface area (Å²) in [7, 11) is 0. The van der Waals surface area contributed by atoms with Crippen LogP contribution in [0.4, 0.5) is 5.69 Å². The van der Waals surface area contributed by atoms with E-state index in [1.165, 1.54) is 4.57 Å². The molecule has 1 unspecified atom stereocenters. The van der Waals surface area contributed by atoms with E-state index in [4.69, 9.17) is 0 Å². The molecule has 1 heterocycles. The molecule has 0 aliphatic rings. The molecular formula is C21H18N4O3. The number of hydrogen-bond acceptors (Lipinski definition) is 5. The van der Waals surface area contributed by atoms with Gasteiger partial charge in [-0.05, 0) is 36.2 Å². The van der Waals surface area contributed by atoms with Gasteiger partial charge in [0.1, 0.15) is 0 Å². The summed E-state index contributed by atoms with van der Waals surface area (Å²) in [5.41, 5.74) is 2.15. The second kappa shape index (κ2) is 8.27. The molecule has 28 heavy (non-hydrogen) atoms. The van der Waals surface area contributed by atoms with E-state index in [0.29, 0.717) is 16.7 Å². The maximum absolute atomic E-state index is 12.6. The van der Waals surface area contributed by atoms with Gasteiger partial charge in [-0.25, -0.2) is 4.98 Å². The molecule has 0 saturated heterocycles. The highest BCUT2D eigenvalue weighted by Crippen LogP contribution is 2.13. The van der Waals surface area contributed by atoms with Gasteiger partial charge < -0.3 is 5.32 Å². The Morgan fingerprint density at radius 1 is 1.18 bits per heavy atom. The van der Waals surface area contributed by atoms with Crippen LogP contribution in [0.1, 0.15) is 12.5 Å². The number of amides is 1. The monoisotopic (exact) mass is 374 g/mol. The largest absolute Gasteiger partial charge is 0.325 e. The van der Waals surface area contributed by atoms with Crippen molar-refractivity contribution < 1.29 is 9.59 Å². The fraction of sp³-hybridized carbons (Fsp3) is 0.190. The maximum Gasteiger partial charge on any atom is 0.269 e. The number of nitrogens with one attached hydrogen (secondary N) is 1. The molecular weight excluding hydrogens is 356 g/mol. The van der Waals surface area contributed by atoms with Gasteiger partial charge in [-0.2, -0.15) is 5.26 Å². The van der Waals surface area contributed by atoms with Gasteiger partial charge in [0.25, 0.3) is 5.56 Å². The molecule has 2 aromatic carbocycles. The third-order valence-electron chi connectivity index (χ3n) is 4.41. The SMILES string of the molecule is CCc1ccc(NC(=O)C(C#N)C(=O)Cn2c(=O)cnc3ccccc32)cc1. The van der Waals surface area contributed by atoms with Gasteiger partial charge in [-0.1, -0.05) is 31.2 Å². The smallest absolute Gasteiger partial charge is 0.269 e. The zero-order valence-corrected chi connectivity index (χ0v) is 15.3. The second-order valence-electron chi connectivity index (χ2n) is 6.24. The van der Waals surface area contributed by atoms with Crippen molar-refractivity contribution in [3.8, 4) is 6.07 Å². The molecule has 0 saturated carbocycles. The van der Waals surface area contributed by atoms with Crippen LogP contribution >= 0.6 is 0 Å². The van der Waals surface area contributed by atoms with Gasteiger partial charge in [0.2, 0.25) is 5.91 Å². The molecule has 1 aromatic heterocycles. The Hall–Kier alpha value is -3.79. The van der Waals surface area contributed by atoms with Gasteiger partial charge in [0, 0.05) is 5.69 Å². The predicted octanol–water partition coefficient (Wildman–Crippen LogP) is 2.31. The lowest BCUT2D eigenvalue weighted by atomic mass is 10.0. The minimum atomic E-state index is -1.52. The van der Waals surface area contributed by atoms with Crippen molar-refractivity contribution >= 4 is 28.4 Å². The molecule has 7 heteroatoms. The number of anilines is 1. The number of hydrogen-bond donors (Lipinski definition) is 1. The lowest BCUT2D eigenvalue weighted by Gasteiger charge is -2.12. The number of fused-ring (bicyclic) bond motifs is 1. The van der Waals surface area contributed by atoms with Crippen LogP contribution in [-0.2, 0) is 22.6 Å². The number of benzene rings is 2. The van der Waals surface area contributed by atoms with Crippen molar-refractivity contribution in [1.82, 2.24) is 9.55 Å². The summed E-state index contributed by atoms with van der Waals surface area (Å²) >= 11 is 0. The van der Waals surface area contributed by atoms with Crippen LogP contribution in [0.25, 0.3) is 11.0 Å². The minimum absolute atomic E-state index is 0.387. The highest BCUT2D eigenvalue weighted by Gasteiger charge is 2.27. The van der Waals surface area contributed by atoms with Crippen molar-refractivity contribution in [3.63, 3.8) is 0 Å². The van der Waals surface area contributed by atoms with Gasteiger partial charge in [-0.3, -0.25) is 19.0 Å². The standard InChI is InChI=1S/C21H18N4O3/c1-2-14-7-9-15(10-8-14)24-21(28)16(11-22)19(26)13-25-18-6-4-3-5-17(18)23-12-20(25)27/h3-10,12,16H,2,13H2,1H3,(H,24,28). The number of aromatic nitrogens is 2. The third-order valence-corrected chi connectivity index (χ3v) is 4.41. The summed E-state index contributed by atoms with van der Waals surface area (Å²) in [4.78, 5) is 41.2. The summed E-state index contributed by atoms with van der Waals surface area (Å²) in [6, 6.07) is 15.8. The van der Waals surface area contributed by atoms with Crippen molar-refractivity contribution in [2.24, 2.45) is 5.92 Å². The number of carbonyl (C=O) groups is 2. The molecule has 0 fully saturated rings. The number of nitrogens with zero attached hydrogens (tertiary/aromatic N) is 3. The Bertz CT molecular complexity index is 1130. The highest BCUT2D eigenvalue weighted by atomic mass is 16.2. The summed E-state index contributed by atoms with van der Waals surface area (Å²) in [6.45, 7) is 1.63. The summed E-state index contributed by atoms with van der Waals surface area (Å²) in [5.74, 6) is -2.91. The summed E-state index contributed by atoms with van der Waals surface area (Å²) in [6.07, 6.45) is 1.98. The molecule has 0 radical (unpaired) electrons. The van der Waals surface area contributed by atoms with E-state index in [0.717, 1.165) is 18.2 Å². The number of nitriles is 1. The first kappa shape index (κ1) is 19.0. The van der Waals surface area contributed by atoms with Gasteiger partial charge in [0.15, 0.2) is 11.7 Å². The van der Waals surface area contributed by atoms with Gasteiger partial charge in [0.05, 0.1) is 29.8 Å². The van der Waals surface area contributed by atoms with Crippen LogP contribution in [0.5, 0.6) is 0 Å². The number of aryl methyl sites for hydroxylation is 1. The molecule has 7 nitrogen and oxygen atoms in total. The number of rotatable bonds is 6. The Morgan fingerprint density at radius 2 is 1.89 bits per heavy atom. The van der Waals surface area contributed by atoms with Crippen molar-refractivity contribution in [2.75, 3.05) is 5.32 Å². The van der Waals surface area contributed by atoms with Crippen LogP contribution in [-0.4, -0.2) is 21.2 Å². The van der Waals surface area contributed by atoms with Crippen LogP contribution in [0.2, 0.25) is 0 Å². The quantitative estimate of drug-likeness (QED) is 0.667. The number of ketones is 1. The van der Waals surface area contributed by atoms with Crippen LogP contribution in [0, 0.1) is 17.2 Å². The average Bonchev–Trinajstić information content (AvgIpc) is 2.71. The number of Topliss-reactive ketones (excluding diaryl/α,β-unsaturated/α-hetero) is 1. The van der Waals surface area contributed by atoms with Crippen molar-refractivity contribution in [3.05, 3.63) is 70.6 Å². The molecule has 0 aliphatic heterocycles. The summed E-state index contributed by atoms with van der Waals surface area (Å²) in [5, 5.41) is 11.9. The highest BCUT2D eigenvalue weighted by molar-refractivity contribution is 6.09. The van der Waals surface area contributed by atoms with Crippen LogP contribution in [0.15, 0.2) is 59.5 Å². The van der Waals surface area contributed by atoms with E-state index in [9.17, 15) is 19.6 Å². The Morgan fingerprint density at radius 3 is 2.57 bits per heavy atom. The molecule has 0 bridgehead atoms. The lowest BCUT2D eigenvalue weighted by Crippen LogP contribution is -2.34. The fourth-order valence-corrected chi connectivity index (χ4v) is 2.84. The van der Waals surface area contributed by atoms with E-state index in [1.54, 1.807) is 42.5 Å². The van der Waals surface area contributed by atoms with E-state index < -0.39 is 23.2 Å². The van der Waals surface area contributed by atoms with Crippen molar-refractivity contribution in [2.45, 2.75) is 19.9 Å². The Kier molecular flexibility index (Phi) is 5.61. The van der Waals surface area contributed by atoms with E-state index in [2.05, 4.69) is 10.3 Å². The number of carbonyl (C=O) groups excluding carboxylic acids is 2. The number of para-hydroxylation sites is 2. The molecule has 140 valence electrons. The first-order chi connectivity index (χ1) is 13.5. The van der Waals surface area contributed by atoms with E-state index in [1.807, 2.05) is 19.1 Å². The molecule has 1 N–H and O–H groups in total. The van der Waals surface area contributed by atoms with E-state index >= 15 is 0 Å². The lowest BCUT2D eigenvalue weighted by molar-refractivity contribution is -0.129. The van der Waals surface area contributed by atoms with Gasteiger partial charge in [-0.15, -0.1) is 0 Å². The third kappa shape index (κ3) is 3.96. The topological polar surface area (TPSA) is 105 Å². The van der Waals surface area contributed by atoms with Crippen LogP contribution < -0.4 is 10.9 Å². The molecule has 0 spiro atoms. The zero-order chi connectivity index (χ0) is 20.1. The maximum atomic E-state index is 12.6. The predicted molar refractivity (Wildman–Crippen MR) is 105 cm³/mol. The molecule has 0 aliphatic carbocycles. The van der Waals surface area contributed by atoms with Crippen LogP contribution in [0.3, 0.4) is 0 Å². The molecule has 3 rings (SSSR count). The fourth-order valence-electron chi connectivity index (χ4n) is 2.84. The first-order valence-electron chi connectivity index (χ1n) is 8.80. The Balaban J connectivity index is 1.80. The summed E-state index contributed by atoms with van der Waals surface area (Å²) < 4.78 is 1.22. The van der Waals surface area contributed by atoms with Gasteiger partial charge >= 0.3 is 0 Å². The average molecular weight is 374 g/mol. The molecule has 1 amide bonds. The normalized spacial score (nSPS) is 11.6. The first-order valence-corrected chi connectivity index (χ1v) is 8.80. The zero-order valence-electron chi connectivity index (χ0n) is 15.3. The second-order valence-corrected chi connectivity index (χ2v) is 6.24. The Labute approximate surface area is 161 Å².